The highest BCUT2D eigenvalue weighted by Crippen LogP contribution is 2.35. The van der Waals surface area contributed by atoms with Gasteiger partial charge in [-0.15, -0.1) is 0 Å². The molecule has 0 unspecified atom stereocenters. The first-order valence-electron chi connectivity index (χ1n) is 4.64. The number of nitrogens with zero attached hydrogens (tertiary/aromatic N) is 1. The van der Waals surface area contributed by atoms with Crippen LogP contribution in [0.2, 0.25) is 0 Å². The van der Waals surface area contributed by atoms with Gasteiger partial charge in [-0.3, -0.25) is 5.10 Å². The van der Waals surface area contributed by atoms with E-state index in [4.69, 9.17) is 5.73 Å². The van der Waals surface area contributed by atoms with Gasteiger partial charge in [0.15, 0.2) is 0 Å². The lowest BCUT2D eigenvalue weighted by atomic mass is 9.83. The number of aromatic amines is 1. The second kappa shape index (κ2) is 3.27. The molecule has 0 atom stereocenters. The molecule has 0 amide bonds. The molecule has 0 bridgehead atoms. The van der Waals surface area contributed by atoms with Crippen LogP contribution in [-0.4, -0.2) is 16.7 Å². The third-order valence-electron chi connectivity index (χ3n) is 2.59. The maximum absolute atomic E-state index is 5.44. The summed E-state index contributed by atoms with van der Waals surface area (Å²) >= 11 is 0. The van der Waals surface area contributed by atoms with Gasteiger partial charge in [0.25, 0.3) is 0 Å². The molecule has 0 radical (unpaired) electrons. The molecule has 0 spiro atoms. The van der Waals surface area contributed by atoms with Crippen LogP contribution in [0.4, 0.5) is 0 Å². The smallest absolute Gasteiger partial charge is 0.0655 e. The molecule has 3 heteroatoms. The largest absolute Gasteiger partial charge is 0.330 e. The van der Waals surface area contributed by atoms with E-state index < -0.39 is 0 Å². The minimum atomic E-state index is 0.701. The van der Waals surface area contributed by atoms with Gasteiger partial charge >= 0.3 is 0 Å². The summed E-state index contributed by atoms with van der Waals surface area (Å²) in [6.07, 6.45) is 4.91. The van der Waals surface area contributed by atoms with Crippen LogP contribution >= 0.6 is 0 Å². The standard InChI is InChI=1S/C9H15N3/c10-5-4-8-6-9(12-11-8)7-2-1-3-7/h6-7H,1-5,10H2,(H,11,12). The predicted octanol–water partition coefficient (Wildman–Crippen LogP) is 1.18. The van der Waals surface area contributed by atoms with Crippen LogP contribution in [0.25, 0.3) is 0 Å². The number of rotatable bonds is 3. The average molecular weight is 165 g/mol. The van der Waals surface area contributed by atoms with E-state index in [0.717, 1.165) is 12.3 Å². The monoisotopic (exact) mass is 165 g/mol. The third-order valence-corrected chi connectivity index (χ3v) is 2.59. The Hall–Kier alpha value is -0.830. The molecule has 1 saturated carbocycles. The Kier molecular flexibility index (Phi) is 2.13. The van der Waals surface area contributed by atoms with Crippen molar-refractivity contribution in [2.45, 2.75) is 31.6 Å². The molecule has 3 nitrogen and oxygen atoms in total. The fourth-order valence-electron chi connectivity index (χ4n) is 1.58. The molecule has 12 heavy (non-hydrogen) atoms. The van der Waals surface area contributed by atoms with Crippen LogP contribution in [0.15, 0.2) is 6.07 Å². The van der Waals surface area contributed by atoms with Gasteiger partial charge in [0.1, 0.15) is 0 Å². The normalized spacial score (nSPS) is 17.8. The van der Waals surface area contributed by atoms with Crippen molar-refractivity contribution in [3.05, 3.63) is 17.5 Å². The van der Waals surface area contributed by atoms with Gasteiger partial charge in [0, 0.05) is 18.0 Å². The summed E-state index contributed by atoms with van der Waals surface area (Å²) in [5.41, 5.74) is 7.87. The zero-order chi connectivity index (χ0) is 8.39. The summed E-state index contributed by atoms with van der Waals surface area (Å²) in [6, 6.07) is 2.16. The predicted molar refractivity (Wildman–Crippen MR) is 47.9 cm³/mol. The lowest BCUT2D eigenvalue weighted by molar-refractivity contribution is 0.410. The highest BCUT2D eigenvalue weighted by Gasteiger charge is 2.21. The number of nitrogens with one attached hydrogen (secondary N) is 1. The third kappa shape index (κ3) is 1.37. The molecular weight excluding hydrogens is 150 g/mol. The van der Waals surface area contributed by atoms with Crippen molar-refractivity contribution in [1.82, 2.24) is 10.2 Å². The van der Waals surface area contributed by atoms with Crippen LogP contribution in [0.1, 0.15) is 36.6 Å². The van der Waals surface area contributed by atoms with Crippen molar-refractivity contribution in [2.75, 3.05) is 6.54 Å². The number of nitrogens with two attached hydrogens (primary N) is 1. The molecule has 1 aliphatic carbocycles. The minimum absolute atomic E-state index is 0.701. The first-order chi connectivity index (χ1) is 5.90. The minimum Gasteiger partial charge on any atom is -0.330 e. The molecule has 66 valence electrons. The van der Waals surface area contributed by atoms with Gasteiger partial charge in [-0.25, -0.2) is 0 Å². The Morgan fingerprint density at radius 2 is 2.42 bits per heavy atom. The van der Waals surface area contributed by atoms with Crippen LogP contribution in [0, 0.1) is 0 Å². The van der Waals surface area contributed by atoms with Gasteiger partial charge in [-0.1, -0.05) is 6.42 Å². The van der Waals surface area contributed by atoms with Crippen molar-refractivity contribution in [3.8, 4) is 0 Å². The summed E-state index contributed by atoms with van der Waals surface area (Å²) in [6.45, 7) is 0.701. The van der Waals surface area contributed by atoms with E-state index in [-0.39, 0.29) is 0 Å². The Balaban J connectivity index is 2.02. The molecule has 1 aromatic rings. The summed E-state index contributed by atoms with van der Waals surface area (Å²) in [7, 11) is 0. The molecule has 3 N–H and O–H groups in total. The van der Waals surface area contributed by atoms with Gasteiger partial charge in [-0.05, 0) is 25.5 Å². The second-order valence-corrected chi connectivity index (χ2v) is 3.48. The molecular formula is C9H15N3. The first kappa shape index (κ1) is 7.80. The van der Waals surface area contributed by atoms with Gasteiger partial charge in [-0.2, -0.15) is 5.10 Å². The van der Waals surface area contributed by atoms with Crippen LogP contribution in [0.3, 0.4) is 0 Å². The lowest BCUT2D eigenvalue weighted by Gasteiger charge is -2.22. The molecule has 0 aromatic carbocycles. The lowest BCUT2D eigenvalue weighted by Crippen LogP contribution is -2.08. The first-order valence-corrected chi connectivity index (χ1v) is 4.64. The topological polar surface area (TPSA) is 54.7 Å². The summed E-state index contributed by atoms with van der Waals surface area (Å²) in [5.74, 6) is 0.729. The molecule has 0 saturated heterocycles. The van der Waals surface area contributed by atoms with E-state index in [2.05, 4.69) is 16.3 Å². The summed E-state index contributed by atoms with van der Waals surface area (Å²) in [5, 5.41) is 7.30. The van der Waals surface area contributed by atoms with E-state index in [1.165, 1.54) is 30.7 Å². The SMILES string of the molecule is NCCc1cc(C2CCC2)n[nH]1. The zero-order valence-electron chi connectivity index (χ0n) is 7.21. The molecule has 1 aromatic heterocycles. The summed E-state index contributed by atoms with van der Waals surface area (Å²) in [4.78, 5) is 0. The zero-order valence-corrected chi connectivity index (χ0v) is 7.21. The van der Waals surface area contributed by atoms with Crippen molar-refractivity contribution in [2.24, 2.45) is 5.73 Å². The number of hydrogen-bond acceptors (Lipinski definition) is 2. The molecule has 1 heterocycles. The molecule has 0 aliphatic heterocycles. The number of hydrogen-bond donors (Lipinski definition) is 2. The van der Waals surface area contributed by atoms with E-state index in [1.807, 2.05) is 0 Å². The Bertz CT molecular complexity index is 250. The Morgan fingerprint density at radius 3 is 3.00 bits per heavy atom. The number of H-pyrrole nitrogens is 1. The molecule has 1 aliphatic rings. The van der Waals surface area contributed by atoms with Crippen molar-refractivity contribution in [1.29, 1.82) is 0 Å². The maximum atomic E-state index is 5.44. The van der Waals surface area contributed by atoms with E-state index in [9.17, 15) is 0 Å². The summed E-state index contributed by atoms with van der Waals surface area (Å²) < 4.78 is 0. The van der Waals surface area contributed by atoms with Gasteiger partial charge in [0.05, 0.1) is 5.69 Å². The van der Waals surface area contributed by atoms with Crippen LogP contribution in [-0.2, 0) is 6.42 Å². The average Bonchev–Trinajstić information content (AvgIpc) is 2.34. The Morgan fingerprint density at radius 1 is 1.58 bits per heavy atom. The van der Waals surface area contributed by atoms with Gasteiger partial charge < -0.3 is 5.73 Å². The van der Waals surface area contributed by atoms with Crippen molar-refractivity contribution in [3.63, 3.8) is 0 Å². The van der Waals surface area contributed by atoms with Gasteiger partial charge in [0.2, 0.25) is 0 Å². The Labute approximate surface area is 72.4 Å². The van der Waals surface area contributed by atoms with E-state index >= 15 is 0 Å². The van der Waals surface area contributed by atoms with Crippen molar-refractivity contribution >= 4 is 0 Å². The van der Waals surface area contributed by atoms with Crippen molar-refractivity contribution < 1.29 is 0 Å². The van der Waals surface area contributed by atoms with Crippen LogP contribution in [0.5, 0.6) is 0 Å². The second-order valence-electron chi connectivity index (χ2n) is 3.48. The van der Waals surface area contributed by atoms with Crippen LogP contribution < -0.4 is 5.73 Å². The molecule has 1 fully saturated rings. The van der Waals surface area contributed by atoms with E-state index in [1.54, 1.807) is 0 Å². The highest BCUT2D eigenvalue weighted by molar-refractivity contribution is 5.15. The van der Waals surface area contributed by atoms with E-state index in [0.29, 0.717) is 6.54 Å². The fraction of sp³-hybridized carbons (Fsp3) is 0.667. The number of aromatic nitrogens is 2. The maximum Gasteiger partial charge on any atom is 0.0655 e. The quantitative estimate of drug-likeness (QED) is 0.706. The molecule has 2 rings (SSSR count). The highest BCUT2D eigenvalue weighted by atomic mass is 15.1. The fourth-order valence-corrected chi connectivity index (χ4v) is 1.58.